The van der Waals surface area contributed by atoms with Gasteiger partial charge in [0.25, 0.3) is 0 Å². The minimum Gasteiger partial charge on any atom is -0.166 e. The summed E-state index contributed by atoms with van der Waals surface area (Å²) in [5.41, 5.74) is -7.01. The first-order valence-corrected chi connectivity index (χ1v) is 11.0. The van der Waals surface area contributed by atoms with Gasteiger partial charge in [0.05, 0.1) is 22.3 Å². The molecule has 0 N–H and O–H groups in total. The number of hydrogen-bond donors (Lipinski definition) is 0. The molecule has 10 aliphatic rings. The molecule has 0 amide bonds. The second-order valence-corrected chi connectivity index (χ2v) is 9.52. The van der Waals surface area contributed by atoms with Crippen LogP contribution in [0.3, 0.4) is 0 Å². The zero-order valence-corrected chi connectivity index (χ0v) is 18.0. The normalized spacial score (nSPS) is 30.8. The van der Waals surface area contributed by atoms with Crippen LogP contribution in [0.5, 0.6) is 0 Å². The summed E-state index contributed by atoms with van der Waals surface area (Å²) >= 11 is 0. The van der Waals surface area contributed by atoms with Gasteiger partial charge in [0, 0.05) is 23.7 Å². The minimum atomic E-state index is -5.29. The number of hydrogen-bond acceptors (Lipinski definition) is 0. The predicted molar refractivity (Wildman–Crippen MR) is 103 cm³/mol. The second-order valence-electron chi connectivity index (χ2n) is 9.52. The van der Waals surface area contributed by atoms with Crippen molar-refractivity contribution in [3.05, 3.63) is 68.9 Å². The van der Waals surface area contributed by atoms with Crippen LogP contribution in [0.4, 0.5) is 52.7 Å². The summed E-state index contributed by atoms with van der Waals surface area (Å²) in [7, 11) is 0. The molecule has 0 nitrogen and oxygen atoms in total. The van der Waals surface area contributed by atoms with Crippen LogP contribution in [0, 0.1) is 23.7 Å². The number of alkyl halides is 12. The summed E-state index contributed by atoms with van der Waals surface area (Å²) in [6, 6.07) is 0. The van der Waals surface area contributed by atoms with E-state index >= 15 is 0 Å². The fourth-order valence-corrected chi connectivity index (χ4v) is 6.29. The highest BCUT2D eigenvalue weighted by Gasteiger charge is 2.57. The van der Waals surface area contributed by atoms with Gasteiger partial charge in [0.15, 0.2) is 0 Å². The Morgan fingerprint density at radius 2 is 0.528 bits per heavy atom. The Morgan fingerprint density at radius 3 is 0.667 bits per heavy atom. The van der Waals surface area contributed by atoms with Crippen molar-refractivity contribution in [2.24, 2.45) is 23.7 Å². The largest absolute Gasteiger partial charge is 0.413 e. The Balaban J connectivity index is 1.59. The van der Waals surface area contributed by atoms with E-state index in [1.165, 1.54) is 0 Å². The maximum absolute atomic E-state index is 13.8. The van der Waals surface area contributed by atoms with Crippen molar-refractivity contribution in [3.8, 4) is 0 Å². The lowest BCUT2D eigenvalue weighted by molar-refractivity contribution is -0.124. The molecule has 0 spiro atoms. The third kappa shape index (κ3) is 3.86. The summed E-state index contributed by atoms with van der Waals surface area (Å²) in [4.78, 5) is 0. The van der Waals surface area contributed by atoms with E-state index in [-0.39, 0.29) is 48.0 Å². The van der Waals surface area contributed by atoms with Crippen molar-refractivity contribution in [2.45, 2.75) is 50.4 Å². The Morgan fingerprint density at radius 1 is 0.361 bits per heavy atom. The zero-order chi connectivity index (χ0) is 26.6. The third-order valence-electron chi connectivity index (χ3n) is 7.57. The van der Waals surface area contributed by atoms with Gasteiger partial charge in [-0.2, -0.15) is 52.7 Å². The van der Waals surface area contributed by atoms with Gasteiger partial charge in [0.2, 0.25) is 0 Å². The van der Waals surface area contributed by atoms with Gasteiger partial charge >= 0.3 is 24.7 Å². The zero-order valence-electron chi connectivity index (χ0n) is 18.0. The molecule has 0 aromatic carbocycles. The minimum absolute atomic E-state index is 0.0234. The van der Waals surface area contributed by atoms with E-state index in [4.69, 9.17) is 0 Å². The quantitative estimate of drug-likeness (QED) is 0.217. The first-order chi connectivity index (χ1) is 16.4. The van der Waals surface area contributed by atoms with E-state index < -0.39 is 70.7 Å². The van der Waals surface area contributed by atoms with Crippen LogP contribution in [-0.4, -0.2) is 24.7 Å². The molecule has 12 heteroatoms. The second kappa shape index (κ2) is 7.56. The maximum atomic E-state index is 13.8. The predicted octanol–water partition coefficient (Wildman–Crippen LogP) is 8.63. The van der Waals surface area contributed by atoms with Crippen molar-refractivity contribution in [2.75, 3.05) is 0 Å². The van der Waals surface area contributed by atoms with Gasteiger partial charge < -0.3 is 0 Å². The fourth-order valence-electron chi connectivity index (χ4n) is 6.29. The van der Waals surface area contributed by atoms with Crippen LogP contribution < -0.4 is 0 Å². The lowest BCUT2D eigenvalue weighted by Crippen LogP contribution is -2.39. The molecule has 0 aromatic rings. The van der Waals surface area contributed by atoms with Crippen LogP contribution in [-0.2, 0) is 0 Å². The Kier molecular flexibility index (Phi) is 5.31. The summed E-state index contributed by atoms with van der Waals surface area (Å²) in [5.74, 6) is -6.96. The Labute approximate surface area is 196 Å². The van der Waals surface area contributed by atoms with Crippen LogP contribution in [0.2, 0.25) is 0 Å². The van der Waals surface area contributed by atoms with E-state index in [1.54, 1.807) is 0 Å². The van der Waals surface area contributed by atoms with Gasteiger partial charge in [-0.15, -0.1) is 0 Å². The first kappa shape index (κ1) is 25.3. The molecular formula is C24H16F12. The SMILES string of the molecule is FC(F)(F)C1=C(C(F)(F)F)[C@@H]2C=C3CCC4=C[C@H]5C(=C[C@H]4C(C(F)(F)F)=C5C(F)(F)F)CCC2=C[C@H]31. The molecule has 36 heavy (non-hydrogen) atoms. The first-order valence-electron chi connectivity index (χ1n) is 11.0. The van der Waals surface area contributed by atoms with Gasteiger partial charge in [-0.25, -0.2) is 0 Å². The average Bonchev–Trinajstić information content (AvgIpc) is 2.71. The van der Waals surface area contributed by atoms with E-state index in [0.29, 0.717) is 0 Å². The third-order valence-corrected chi connectivity index (χ3v) is 7.57. The van der Waals surface area contributed by atoms with Crippen LogP contribution in [0.1, 0.15) is 25.7 Å². The van der Waals surface area contributed by atoms with Gasteiger partial charge in [-0.05, 0) is 25.7 Å². The molecule has 0 aliphatic heterocycles. The van der Waals surface area contributed by atoms with Crippen molar-refractivity contribution in [1.82, 2.24) is 0 Å². The molecule has 10 aliphatic carbocycles. The molecule has 0 saturated carbocycles. The molecule has 196 valence electrons. The monoisotopic (exact) mass is 532 g/mol. The molecule has 0 aromatic heterocycles. The summed E-state index contributed by atoms with van der Waals surface area (Å²) in [6.45, 7) is 0. The number of allylic oxidation sites excluding steroid dienone is 12. The van der Waals surface area contributed by atoms with Gasteiger partial charge in [-0.3, -0.25) is 0 Å². The van der Waals surface area contributed by atoms with E-state index in [2.05, 4.69) is 0 Å². The molecule has 0 fully saturated rings. The van der Waals surface area contributed by atoms with Crippen molar-refractivity contribution in [3.63, 3.8) is 0 Å². The lowest BCUT2D eigenvalue weighted by Gasteiger charge is -2.44. The van der Waals surface area contributed by atoms with Crippen LogP contribution in [0.15, 0.2) is 68.9 Å². The van der Waals surface area contributed by atoms with E-state index in [9.17, 15) is 52.7 Å². The molecule has 0 heterocycles. The molecule has 0 saturated heterocycles. The van der Waals surface area contributed by atoms with Crippen LogP contribution >= 0.6 is 0 Å². The Hall–Kier alpha value is -2.40. The average molecular weight is 532 g/mol. The van der Waals surface area contributed by atoms with Crippen molar-refractivity contribution >= 4 is 0 Å². The highest BCUT2D eigenvalue weighted by Crippen LogP contribution is 2.59. The van der Waals surface area contributed by atoms with Gasteiger partial charge in [-0.1, -0.05) is 46.6 Å². The number of rotatable bonds is 0. The van der Waals surface area contributed by atoms with Crippen molar-refractivity contribution in [1.29, 1.82) is 0 Å². The number of halogens is 12. The maximum Gasteiger partial charge on any atom is 0.413 e. The molecule has 4 atom stereocenters. The highest BCUT2D eigenvalue weighted by atomic mass is 19.4. The lowest BCUT2D eigenvalue weighted by atomic mass is 9.62. The molecule has 10 rings (SSSR count). The van der Waals surface area contributed by atoms with Crippen molar-refractivity contribution < 1.29 is 52.7 Å². The fraction of sp³-hybridized carbons (Fsp3) is 0.500. The topological polar surface area (TPSA) is 0 Å². The molecule has 8 bridgehead atoms. The summed E-state index contributed by atoms with van der Waals surface area (Å²) in [6.07, 6.45) is -18.0. The Bertz CT molecular complexity index is 1000. The standard InChI is InChI=1S/C24H16F12/c25-21(26,27)17-13-7-11-3-4-12-8-15-10(2-1-9(13)5-14(11)18(17)22(28,29)30)6-16(12)20(24(34,35)36)19(15)23(31,32)33/h5-8,13-16H,1-4H2/t13-,14-,15-,16+/m1/s1. The van der Waals surface area contributed by atoms with E-state index in [1.807, 2.05) is 0 Å². The summed E-state index contributed by atoms with van der Waals surface area (Å²) < 4.78 is 166. The molecule has 0 radical (unpaired) electrons. The van der Waals surface area contributed by atoms with Gasteiger partial charge in [0.1, 0.15) is 0 Å². The van der Waals surface area contributed by atoms with E-state index in [0.717, 1.165) is 24.3 Å². The smallest absolute Gasteiger partial charge is 0.166 e. The molecule has 0 unspecified atom stereocenters. The molecular weight excluding hydrogens is 516 g/mol. The van der Waals surface area contributed by atoms with Crippen LogP contribution in [0.25, 0.3) is 0 Å². The summed E-state index contributed by atoms with van der Waals surface area (Å²) in [5, 5.41) is 0. The highest BCUT2D eigenvalue weighted by molar-refractivity contribution is 5.56.